The van der Waals surface area contributed by atoms with Crippen LogP contribution in [-0.2, 0) is 0 Å². The van der Waals surface area contributed by atoms with Crippen molar-refractivity contribution in [3.8, 4) is 0 Å². The molecule has 0 aliphatic heterocycles. The van der Waals surface area contributed by atoms with Crippen molar-refractivity contribution >= 4 is 11.8 Å². The molecule has 76 valence electrons. The SMILES string of the molecule is Cc1cc(Sc2ccccc2)cnc1F. The highest BCUT2D eigenvalue weighted by Crippen LogP contribution is 2.27. The minimum atomic E-state index is -0.396. The predicted molar refractivity (Wildman–Crippen MR) is 59.5 cm³/mol. The zero-order chi connectivity index (χ0) is 10.7. The van der Waals surface area contributed by atoms with Crippen molar-refractivity contribution in [2.24, 2.45) is 0 Å². The van der Waals surface area contributed by atoms with Gasteiger partial charge in [-0.3, -0.25) is 0 Å². The van der Waals surface area contributed by atoms with Gasteiger partial charge in [-0.2, -0.15) is 4.39 Å². The van der Waals surface area contributed by atoms with Crippen LogP contribution in [0.15, 0.2) is 52.4 Å². The third kappa shape index (κ3) is 2.57. The zero-order valence-corrected chi connectivity index (χ0v) is 9.09. The Labute approximate surface area is 92.4 Å². The fourth-order valence-corrected chi connectivity index (χ4v) is 2.12. The third-order valence-electron chi connectivity index (χ3n) is 1.97. The van der Waals surface area contributed by atoms with Crippen molar-refractivity contribution in [2.75, 3.05) is 0 Å². The van der Waals surface area contributed by atoms with Gasteiger partial charge in [-0.1, -0.05) is 30.0 Å². The topological polar surface area (TPSA) is 12.9 Å². The van der Waals surface area contributed by atoms with Gasteiger partial charge in [-0.05, 0) is 25.1 Å². The van der Waals surface area contributed by atoms with E-state index in [1.54, 1.807) is 30.9 Å². The van der Waals surface area contributed by atoms with E-state index in [1.807, 2.05) is 30.3 Å². The van der Waals surface area contributed by atoms with Gasteiger partial charge >= 0.3 is 0 Å². The van der Waals surface area contributed by atoms with Crippen LogP contribution >= 0.6 is 11.8 Å². The van der Waals surface area contributed by atoms with Crippen LogP contribution in [0.2, 0.25) is 0 Å². The monoisotopic (exact) mass is 219 g/mol. The van der Waals surface area contributed by atoms with Crippen molar-refractivity contribution in [3.63, 3.8) is 0 Å². The maximum Gasteiger partial charge on any atom is 0.215 e. The van der Waals surface area contributed by atoms with E-state index in [1.165, 1.54) is 0 Å². The average molecular weight is 219 g/mol. The van der Waals surface area contributed by atoms with Gasteiger partial charge in [0.05, 0.1) is 0 Å². The van der Waals surface area contributed by atoms with Crippen molar-refractivity contribution in [3.05, 3.63) is 54.1 Å². The van der Waals surface area contributed by atoms with Gasteiger partial charge in [0.1, 0.15) is 0 Å². The van der Waals surface area contributed by atoms with Crippen LogP contribution in [0.25, 0.3) is 0 Å². The molecule has 0 fully saturated rings. The van der Waals surface area contributed by atoms with E-state index in [4.69, 9.17) is 0 Å². The zero-order valence-electron chi connectivity index (χ0n) is 8.27. The first kappa shape index (κ1) is 10.2. The molecular formula is C12H10FNS. The number of hydrogen-bond acceptors (Lipinski definition) is 2. The number of hydrogen-bond donors (Lipinski definition) is 0. The molecule has 1 nitrogen and oxygen atoms in total. The fraction of sp³-hybridized carbons (Fsp3) is 0.0833. The van der Waals surface area contributed by atoms with Gasteiger partial charge in [0.2, 0.25) is 5.95 Å². The Morgan fingerprint density at radius 1 is 1.13 bits per heavy atom. The number of benzene rings is 1. The molecule has 0 radical (unpaired) electrons. The highest BCUT2D eigenvalue weighted by Gasteiger charge is 2.01. The summed E-state index contributed by atoms with van der Waals surface area (Å²) < 4.78 is 12.9. The maximum absolute atomic E-state index is 12.9. The molecule has 2 aromatic rings. The quantitative estimate of drug-likeness (QED) is 0.714. The molecule has 0 saturated heterocycles. The largest absolute Gasteiger partial charge is 0.227 e. The van der Waals surface area contributed by atoms with E-state index in [0.29, 0.717) is 5.56 Å². The van der Waals surface area contributed by atoms with E-state index in [-0.39, 0.29) is 0 Å². The normalized spacial score (nSPS) is 10.3. The number of pyridine rings is 1. The van der Waals surface area contributed by atoms with Crippen LogP contribution in [0, 0.1) is 12.9 Å². The molecule has 0 spiro atoms. The lowest BCUT2D eigenvalue weighted by Gasteiger charge is -2.02. The summed E-state index contributed by atoms with van der Waals surface area (Å²) in [4.78, 5) is 5.78. The number of nitrogens with zero attached hydrogens (tertiary/aromatic N) is 1. The Bertz CT molecular complexity index is 456. The molecule has 0 bridgehead atoms. The van der Waals surface area contributed by atoms with E-state index in [0.717, 1.165) is 9.79 Å². The standard InChI is InChI=1S/C12H10FNS/c1-9-7-11(8-14-12(9)13)15-10-5-3-2-4-6-10/h2-8H,1H3. The van der Waals surface area contributed by atoms with Crippen LogP contribution in [0.4, 0.5) is 4.39 Å². The summed E-state index contributed by atoms with van der Waals surface area (Å²) in [5.41, 5.74) is 0.580. The van der Waals surface area contributed by atoms with Crippen LogP contribution in [-0.4, -0.2) is 4.98 Å². The summed E-state index contributed by atoms with van der Waals surface area (Å²) in [5, 5.41) is 0. The lowest BCUT2D eigenvalue weighted by molar-refractivity contribution is 0.571. The molecule has 1 heterocycles. The predicted octanol–water partition coefficient (Wildman–Crippen LogP) is 3.68. The first-order valence-electron chi connectivity index (χ1n) is 4.61. The van der Waals surface area contributed by atoms with Gasteiger partial charge < -0.3 is 0 Å². The summed E-state index contributed by atoms with van der Waals surface area (Å²) in [5.74, 6) is -0.396. The molecule has 0 aliphatic carbocycles. The number of aryl methyl sites for hydroxylation is 1. The van der Waals surface area contributed by atoms with Crippen molar-refractivity contribution in [1.82, 2.24) is 4.98 Å². The second kappa shape index (κ2) is 4.45. The lowest BCUT2D eigenvalue weighted by atomic mass is 10.3. The Kier molecular flexibility index (Phi) is 3.02. The summed E-state index contributed by atoms with van der Waals surface area (Å²) in [6, 6.07) is 11.8. The van der Waals surface area contributed by atoms with E-state index >= 15 is 0 Å². The van der Waals surface area contributed by atoms with Gasteiger partial charge in [-0.25, -0.2) is 4.98 Å². The molecule has 0 N–H and O–H groups in total. The second-order valence-corrected chi connectivity index (χ2v) is 4.34. The van der Waals surface area contributed by atoms with Gasteiger partial charge in [0.25, 0.3) is 0 Å². The molecule has 15 heavy (non-hydrogen) atoms. The maximum atomic E-state index is 12.9. The second-order valence-electron chi connectivity index (χ2n) is 3.19. The fourth-order valence-electron chi connectivity index (χ4n) is 1.21. The third-order valence-corrected chi connectivity index (χ3v) is 2.94. The Morgan fingerprint density at radius 3 is 2.53 bits per heavy atom. The lowest BCUT2D eigenvalue weighted by Crippen LogP contribution is -1.87. The van der Waals surface area contributed by atoms with Crippen LogP contribution in [0.3, 0.4) is 0 Å². The van der Waals surface area contributed by atoms with E-state index < -0.39 is 5.95 Å². The summed E-state index contributed by atoms with van der Waals surface area (Å²) in [6.45, 7) is 1.72. The highest BCUT2D eigenvalue weighted by molar-refractivity contribution is 7.99. The minimum Gasteiger partial charge on any atom is -0.227 e. The minimum absolute atomic E-state index is 0.396. The Balaban J connectivity index is 2.22. The highest BCUT2D eigenvalue weighted by atomic mass is 32.2. The number of halogens is 1. The molecule has 0 saturated carbocycles. The van der Waals surface area contributed by atoms with Crippen LogP contribution in [0.5, 0.6) is 0 Å². The first-order chi connectivity index (χ1) is 7.25. The number of aromatic nitrogens is 1. The number of rotatable bonds is 2. The van der Waals surface area contributed by atoms with Crippen molar-refractivity contribution in [2.45, 2.75) is 16.7 Å². The summed E-state index contributed by atoms with van der Waals surface area (Å²) >= 11 is 1.58. The molecular weight excluding hydrogens is 209 g/mol. The molecule has 1 aromatic carbocycles. The Hall–Kier alpha value is -1.35. The van der Waals surface area contributed by atoms with Crippen LogP contribution < -0.4 is 0 Å². The van der Waals surface area contributed by atoms with Crippen molar-refractivity contribution < 1.29 is 4.39 Å². The van der Waals surface area contributed by atoms with E-state index in [2.05, 4.69) is 4.98 Å². The molecule has 0 aliphatic rings. The summed E-state index contributed by atoms with van der Waals surface area (Å²) in [7, 11) is 0. The molecule has 2 rings (SSSR count). The molecule has 1 aromatic heterocycles. The molecule has 0 unspecified atom stereocenters. The van der Waals surface area contributed by atoms with Crippen LogP contribution in [0.1, 0.15) is 5.56 Å². The average Bonchev–Trinajstić information content (AvgIpc) is 2.25. The Morgan fingerprint density at radius 2 is 1.87 bits per heavy atom. The van der Waals surface area contributed by atoms with E-state index in [9.17, 15) is 4.39 Å². The van der Waals surface area contributed by atoms with Gasteiger partial charge in [0, 0.05) is 21.6 Å². The molecule has 0 atom stereocenters. The van der Waals surface area contributed by atoms with Crippen molar-refractivity contribution in [1.29, 1.82) is 0 Å². The molecule has 3 heteroatoms. The van der Waals surface area contributed by atoms with Gasteiger partial charge in [-0.15, -0.1) is 0 Å². The van der Waals surface area contributed by atoms with Gasteiger partial charge in [0.15, 0.2) is 0 Å². The summed E-state index contributed by atoms with van der Waals surface area (Å²) in [6.07, 6.45) is 1.56. The smallest absolute Gasteiger partial charge is 0.215 e. The molecule has 0 amide bonds. The first-order valence-corrected chi connectivity index (χ1v) is 5.42.